The summed E-state index contributed by atoms with van der Waals surface area (Å²) in [5.74, 6) is 0.300. The molecule has 2 aliphatic carbocycles. The molecule has 6 nitrogen and oxygen atoms in total. The number of hydrogen-bond acceptors (Lipinski definition) is 4. The molecule has 0 saturated heterocycles. The number of rotatable bonds is 7. The number of hydrogen-bond donors (Lipinski definition) is 2. The summed E-state index contributed by atoms with van der Waals surface area (Å²) < 4.78 is 33.1. The zero-order valence-corrected chi connectivity index (χ0v) is 16.6. The molecular formula is C21H24N2O4S. The summed E-state index contributed by atoms with van der Waals surface area (Å²) in [4.78, 5) is 13.3. The molecule has 2 saturated carbocycles. The first-order valence-electron chi connectivity index (χ1n) is 9.52. The summed E-state index contributed by atoms with van der Waals surface area (Å²) in [7, 11) is -2.12. The molecule has 2 aromatic carbocycles. The molecule has 148 valence electrons. The minimum atomic E-state index is -3.62. The van der Waals surface area contributed by atoms with E-state index in [9.17, 15) is 13.2 Å². The normalized spacial score (nSPS) is 18.2. The molecule has 2 fully saturated rings. The van der Waals surface area contributed by atoms with Crippen LogP contribution in [0.5, 0.6) is 5.75 Å². The lowest BCUT2D eigenvalue weighted by atomic mass is 9.64. The van der Waals surface area contributed by atoms with Crippen molar-refractivity contribution >= 4 is 21.6 Å². The highest BCUT2D eigenvalue weighted by Crippen LogP contribution is 2.45. The molecule has 28 heavy (non-hydrogen) atoms. The molecule has 2 aliphatic rings. The Morgan fingerprint density at radius 1 is 1.11 bits per heavy atom. The van der Waals surface area contributed by atoms with Crippen LogP contribution in [0.3, 0.4) is 0 Å². The Hall–Kier alpha value is -2.38. The van der Waals surface area contributed by atoms with E-state index in [0.717, 1.165) is 37.7 Å². The van der Waals surface area contributed by atoms with Gasteiger partial charge in [-0.25, -0.2) is 13.1 Å². The van der Waals surface area contributed by atoms with Crippen LogP contribution in [0.1, 0.15) is 37.7 Å². The third kappa shape index (κ3) is 3.52. The quantitative estimate of drug-likeness (QED) is 0.748. The predicted molar refractivity (Wildman–Crippen MR) is 107 cm³/mol. The van der Waals surface area contributed by atoms with Crippen molar-refractivity contribution in [3.05, 3.63) is 54.1 Å². The van der Waals surface area contributed by atoms with Crippen LogP contribution < -0.4 is 14.8 Å². The number of amides is 1. The van der Waals surface area contributed by atoms with Gasteiger partial charge in [0.15, 0.2) is 0 Å². The van der Waals surface area contributed by atoms with Gasteiger partial charge in [0.25, 0.3) is 0 Å². The van der Waals surface area contributed by atoms with E-state index in [1.165, 1.54) is 19.2 Å². The van der Waals surface area contributed by atoms with E-state index in [0.29, 0.717) is 11.4 Å². The van der Waals surface area contributed by atoms with Crippen LogP contribution in [0.15, 0.2) is 53.4 Å². The van der Waals surface area contributed by atoms with Crippen molar-refractivity contribution in [3.63, 3.8) is 0 Å². The lowest BCUT2D eigenvalue weighted by Gasteiger charge is -2.40. The minimum absolute atomic E-state index is 0.0152. The Bertz CT molecular complexity index is 981. The standard InChI is InChI=1S/C21H24N2O4S/c1-27-19-11-10-17(28(25,26)23-16-8-9-16)14-18(19)22-20(24)21(12-5-13-21)15-6-3-2-4-7-15/h2-4,6-7,10-11,14,16,23H,5,8-9,12-13H2,1H3,(H,22,24). The van der Waals surface area contributed by atoms with E-state index in [4.69, 9.17) is 4.74 Å². The Kier molecular flexibility index (Phi) is 4.89. The third-order valence-corrected chi connectivity index (χ3v) is 7.11. The van der Waals surface area contributed by atoms with E-state index in [1.54, 1.807) is 6.07 Å². The van der Waals surface area contributed by atoms with Crippen LogP contribution >= 0.6 is 0 Å². The van der Waals surface area contributed by atoms with Crippen LogP contribution in [0.25, 0.3) is 0 Å². The van der Waals surface area contributed by atoms with E-state index in [2.05, 4.69) is 10.0 Å². The average molecular weight is 401 g/mol. The van der Waals surface area contributed by atoms with E-state index < -0.39 is 15.4 Å². The van der Waals surface area contributed by atoms with Gasteiger partial charge in [0, 0.05) is 6.04 Å². The maximum absolute atomic E-state index is 13.2. The number of carbonyl (C=O) groups is 1. The zero-order chi connectivity index (χ0) is 19.8. The van der Waals surface area contributed by atoms with Gasteiger partial charge < -0.3 is 10.1 Å². The number of ether oxygens (including phenoxy) is 1. The Balaban J connectivity index is 1.63. The number of carbonyl (C=O) groups excluding carboxylic acids is 1. The van der Waals surface area contributed by atoms with E-state index in [1.807, 2.05) is 30.3 Å². The first kappa shape index (κ1) is 19.0. The summed E-state index contributed by atoms with van der Waals surface area (Å²) in [5.41, 5.74) is 0.776. The van der Waals surface area contributed by atoms with Gasteiger partial charge in [-0.1, -0.05) is 36.8 Å². The van der Waals surface area contributed by atoms with Gasteiger partial charge in [0.2, 0.25) is 15.9 Å². The fourth-order valence-corrected chi connectivity index (χ4v) is 4.95. The number of anilines is 1. The molecule has 0 spiro atoms. The topological polar surface area (TPSA) is 84.5 Å². The lowest BCUT2D eigenvalue weighted by Crippen LogP contribution is -2.46. The van der Waals surface area contributed by atoms with Crippen LogP contribution in [-0.2, 0) is 20.2 Å². The van der Waals surface area contributed by atoms with Gasteiger partial charge in [0.05, 0.1) is 23.1 Å². The molecule has 0 unspecified atom stereocenters. The Labute approximate surface area is 165 Å². The van der Waals surface area contributed by atoms with Crippen molar-refractivity contribution in [2.45, 2.75) is 48.5 Å². The van der Waals surface area contributed by atoms with E-state index in [-0.39, 0.29) is 16.8 Å². The van der Waals surface area contributed by atoms with Gasteiger partial charge >= 0.3 is 0 Å². The molecule has 0 atom stereocenters. The highest BCUT2D eigenvalue weighted by atomic mass is 32.2. The highest BCUT2D eigenvalue weighted by molar-refractivity contribution is 7.89. The van der Waals surface area contributed by atoms with Gasteiger partial charge in [-0.2, -0.15) is 0 Å². The Morgan fingerprint density at radius 2 is 1.82 bits per heavy atom. The lowest BCUT2D eigenvalue weighted by molar-refractivity contribution is -0.124. The van der Waals surface area contributed by atoms with Crippen molar-refractivity contribution in [2.75, 3.05) is 12.4 Å². The van der Waals surface area contributed by atoms with E-state index >= 15 is 0 Å². The maximum atomic E-state index is 13.2. The maximum Gasteiger partial charge on any atom is 0.240 e. The number of sulfonamides is 1. The van der Waals surface area contributed by atoms with Gasteiger partial charge in [-0.3, -0.25) is 4.79 Å². The molecule has 0 aromatic heterocycles. The Morgan fingerprint density at radius 3 is 2.39 bits per heavy atom. The zero-order valence-electron chi connectivity index (χ0n) is 15.8. The SMILES string of the molecule is COc1ccc(S(=O)(=O)NC2CC2)cc1NC(=O)C1(c2ccccc2)CCC1. The van der Waals surface area contributed by atoms with Crippen molar-refractivity contribution in [1.82, 2.24) is 4.72 Å². The number of benzene rings is 2. The molecule has 4 rings (SSSR count). The van der Waals surface area contributed by atoms with Crippen molar-refractivity contribution < 1.29 is 17.9 Å². The molecular weight excluding hydrogens is 376 g/mol. The molecule has 2 aromatic rings. The van der Waals surface area contributed by atoms with Crippen LogP contribution in [0.2, 0.25) is 0 Å². The summed E-state index contributed by atoms with van der Waals surface area (Å²) in [5, 5.41) is 2.93. The van der Waals surface area contributed by atoms with Gasteiger partial charge in [0.1, 0.15) is 5.75 Å². The van der Waals surface area contributed by atoms with Crippen molar-refractivity contribution in [1.29, 1.82) is 0 Å². The molecule has 0 radical (unpaired) electrons. The fourth-order valence-electron chi connectivity index (χ4n) is 3.62. The molecule has 0 heterocycles. The third-order valence-electron chi connectivity index (χ3n) is 5.60. The number of methoxy groups -OCH3 is 1. The fraction of sp³-hybridized carbons (Fsp3) is 0.381. The second-order valence-electron chi connectivity index (χ2n) is 7.51. The second kappa shape index (κ2) is 7.22. The molecule has 7 heteroatoms. The molecule has 0 aliphatic heterocycles. The first-order valence-corrected chi connectivity index (χ1v) is 11.0. The molecule has 1 amide bonds. The van der Waals surface area contributed by atoms with Gasteiger partial charge in [-0.05, 0) is 49.4 Å². The number of nitrogens with one attached hydrogen (secondary N) is 2. The van der Waals surface area contributed by atoms with Crippen LogP contribution in [0, 0.1) is 0 Å². The van der Waals surface area contributed by atoms with Crippen molar-refractivity contribution in [3.8, 4) is 5.75 Å². The predicted octanol–water partition coefficient (Wildman–Crippen LogP) is 3.20. The first-order chi connectivity index (χ1) is 13.4. The highest BCUT2D eigenvalue weighted by Gasteiger charge is 2.45. The monoisotopic (exact) mass is 400 g/mol. The smallest absolute Gasteiger partial charge is 0.240 e. The molecule has 2 N–H and O–H groups in total. The second-order valence-corrected chi connectivity index (χ2v) is 9.23. The van der Waals surface area contributed by atoms with Crippen LogP contribution in [0.4, 0.5) is 5.69 Å². The summed E-state index contributed by atoms with van der Waals surface area (Å²) in [6.45, 7) is 0. The van der Waals surface area contributed by atoms with Crippen LogP contribution in [-0.4, -0.2) is 27.5 Å². The largest absolute Gasteiger partial charge is 0.495 e. The average Bonchev–Trinajstić information content (AvgIpc) is 3.45. The summed E-state index contributed by atoms with van der Waals surface area (Å²) >= 11 is 0. The summed E-state index contributed by atoms with van der Waals surface area (Å²) in [6.07, 6.45) is 4.25. The van der Waals surface area contributed by atoms with Gasteiger partial charge in [-0.15, -0.1) is 0 Å². The van der Waals surface area contributed by atoms with Crippen molar-refractivity contribution in [2.24, 2.45) is 0 Å². The minimum Gasteiger partial charge on any atom is -0.495 e. The summed E-state index contributed by atoms with van der Waals surface area (Å²) in [6, 6.07) is 14.3. The molecule has 0 bridgehead atoms.